The molecule has 17 nitrogen and oxygen atoms in total. The number of ether oxygens (including phenoxy) is 2. The lowest BCUT2D eigenvalue weighted by molar-refractivity contribution is -0.163. The summed E-state index contributed by atoms with van der Waals surface area (Å²) in [6.07, 6.45) is 3.09. The first-order valence-corrected chi connectivity index (χ1v) is 22.7. The Morgan fingerprint density at radius 1 is 0.846 bits per heavy atom. The SMILES string of the molecule is CC(C)C[C@H](NC(=O)/C=C/c1ccc(C(F)(F)P(=O)(OCOC(=O)C(C)(C)C)OCOC(=O)C(C)(C)C)cc1)C(=O)N1CCC[C@H]1C(=O)N[C@@H](CCC(N)=O)C(=O)NCc1ccccc1. The summed E-state index contributed by atoms with van der Waals surface area (Å²) in [4.78, 5) is 91.5. The Hall–Kier alpha value is -5.52. The van der Waals surface area contributed by atoms with E-state index in [2.05, 4.69) is 16.0 Å². The fraction of sp³-hybridized carbons (Fsp3) is 0.533. The zero-order valence-electron chi connectivity index (χ0n) is 38.2. The molecule has 0 bridgehead atoms. The maximum absolute atomic E-state index is 16.0. The Bertz CT molecular complexity index is 2030. The van der Waals surface area contributed by atoms with Gasteiger partial charge < -0.3 is 36.1 Å². The van der Waals surface area contributed by atoms with E-state index in [0.717, 1.165) is 23.8 Å². The summed E-state index contributed by atoms with van der Waals surface area (Å²) >= 11 is 0. The number of alkyl halides is 2. The van der Waals surface area contributed by atoms with Crippen LogP contribution >= 0.6 is 7.60 Å². The average molecular weight is 934 g/mol. The molecule has 0 saturated carbocycles. The van der Waals surface area contributed by atoms with E-state index in [9.17, 15) is 38.1 Å². The highest BCUT2D eigenvalue weighted by molar-refractivity contribution is 7.54. The summed E-state index contributed by atoms with van der Waals surface area (Å²) in [5.74, 6) is -4.78. The topological polar surface area (TPSA) is 239 Å². The fourth-order valence-corrected chi connectivity index (χ4v) is 7.45. The number of halogens is 2. The van der Waals surface area contributed by atoms with Crippen molar-refractivity contribution >= 4 is 55.1 Å². The Balaban J connectivity index is 1.73. The van der Waals surface area contributed by atoms with Crippen LogP contribution in [-0.4, -0.2) is 84.6 Å². The molecule has 5 N–H and O–H groups in total. The van der Waals surface area contributed by atoms with E-state index < -0.39 is 103 Å². The molecule has 20 heteroatoms. The van der Waals surface area contributed by atoms with Crippen LogP contribution in [0.1, 0.15) is 104 Å². The number of hydrogen-bond acceptors (Lipinski definition) is 12. The summed E-state index contributed by atoms with van der Waals surface area (Å²) in [6.45, 7) is 10.8. The maximum atomic E-state index is 16.0. The second-order valence-corrected chi connectivity index (χ2v) is 20.1. The molecule has 2 aromatic rings. The zero-order valence-corrected chi connectivity index (χ0v) is 39.0. The molecule has 1 fully saturated rings. The van der Waals surface area contributed by atoms with Crippen molar-refractivity contribution in [2.45, 2.75) is 118 Å². The number of benzene rings is 2. The van der Waals surface area contributed by atoms with Gasteiger partial charge in [-0.15, -0.1) is 0 Å². The summed E-state index contributed by atoms with van der Waals surface area (Å²) < 4.78 is 65.2. The van der Waals surface area contributed by atoms with E-state index in [4.69, 9.17) is 24.3 Å². The number of nitrogens with zero attached hydrogens (tertiary/aromatic N) is 1. The lowest BCUT2D eigenvalue weighted by Gasteiger charge is -2.30. The predicted octanol–water partition coefficient (Wildman–Crippen LogP) is 5.66. The lowest BCUT2D eigenvalue weighted by Crippen LogP contribution is -2.56. The first kappa shape index (κ1) is 53.8. The summed E-state index contributed by atoms with van der Waals surface area (Å²) in [5.41, 5.74) is -0.872. The molecule has 0 aromatic heterocycles. The van der Waals surface area contributed by atoms with E-state index >= 15 is 8.78 Å². The molecule has 5 amide bonds. The van der Waals surface area contributed by atoms with Gasteiger partial charge in [0.15, 0.2) is 0 Å². The van der Waals surface area contributed by atoms with Gasteiger partial charge >= 0.3 is 25.2 Å². The molecule has 0 radical (unpaired) electrons. The molecule has 0 aliphatic carbocycles. The average Bonchev–Trinajstić information content (AvgIpc) is 3.73. The second-order valence-electron chi connectivity index (χ2n) is 18.0. The first-order valence-electron chi connectivity index (χ1n) is 21.2. The third kappa shape index (κ3) is 16.5. The Labute approximate surface area is 378 Å². The third-order valence-electron chi connectivity index (χ3n) is 9.86. The highest BCUT2D eigenvalue weighted by atomic mass is 31.2. The Morgan fingerprint density at radius 2 is 1.42 bits per heavy atom. The number of esters is 2. The monoisotopic (exact) mass is 933 g/mol. The van der Waals surface area contributed by atoms with Gasteiger partial charge in [-0.3, -0.25) is 47.2 Å². The number of rotatable bonds is 22. The van der Waals surface area contributed by atoms with Gasteiger partial charge in [-0.05, 0) is 90.3 Å². The molecular weight excluding hydrogens is 871 g/mol. The Kier molecular flexibility index (Phi) is 19.5. The van der Waals surface area contributed by atoms with E-state index in [1.165, 1.54) is 64.7 Å². The molecule has 1 heterocycles. The minimum absolute atomic E-state index is 0.0670. The summed E-state index contributed by atoms with van der Waals surface area (Å²) in [7, 11) is -5.56. The minimum Gasteiger partial charge on any atom is -0.438 e. The van der Waals surface area contributed by atoms with Crippen molar-refractivity contribution in [2.75, 3.05) is 20.1 Å². The van der Waals surface area contributed by atoms with Crippen LogP contribution in [0.3, 0.4) is 0 Å². The number of amides is 5. The predicted molar refractivity (Wildman–Crippen MR) is 235 cm³/mol. The van der Waals surface area contributed by atoms with E-state index in [-0.39, 0.29) is 50.3 Å². The van der Waals surface area contributed by atoms with Gasteiger partial charge in [0.2, 0.25) is 43.1 Å². The van der Waals surface area contributed by atoms with Gasteiger partial charge in [-0.1, -0.05) is 68.4 Å². The molecular formula is C45H62F2N5O12P. The highest BCUT2D eigenvalue weighted by Gasteiger charge is 2.56. The second kappa shape index (κ2) is 23.6. The molecule has 65 heavy (non-hydrogen) atoms. The number of likely N-dealkylation sites (tertiary alicyclic amines) is 1. The molecule has 358 valence electrons. The molecule has 0 unspecified atom stereocenters. The summed E-state index contributed by atoms with van der Waals surface area (Å²) in [5, 5.41) is 8.13. The van der Waals surface area contributed by atoms with Crippen LogP contribution in [0.15, 0.2) is 60.7 Å². The number of nitrogens with one attached hydrogen (secondary N) is 3. The first-order chi connectivity index (χ1) is 30.2. The van der Waals surface area contributed by atoms with Crippen molar-refractivity contribution in [3.63, 3.8) is 0 Å². The van der Waals surface area contributed by atoms with Gasteiger partial charge in [0, 0.05) is 31.1 Å². The highest BCUT2D eigenvalue weighted by Crippen LogP contribution is 2.67. The van der Waals surface area contributed by atoms with Crippen LogP contribution in [0.5, 0.6) is 0 Å². The van der Waals surface area contributed by atoms with E-state index in [0.29, 0.717) is 6.42 Å². The van der Waals surface area contributed by atoms with Crippen molar-refractivity contribution in [3.8, 4) is 0 Å². The number of carbonyl (C=O) groups excluding carboxylic acids is 7. The molecule has 3 atom stereocenters. The van der Waals surface area contributed by atoms with Crippen molar-refractivity contribution in [1.29, 1.82) is 0 Å². The quantitative estimate of drug-likeness (QED) is 0.0485. The van der Waals surface area contributed by atoms with Crippen LogP contribution in [0.2, 0.25) is 0 Å². The van der Waals surface area contributed by atoms with Crippen molar-refractivity contribution in [3.05, 3.63) is 77.4 Å². The standard InChI is InChI=1S/C45H62F2N5O12P/c1-29(2)25-34(40(57)52-24-12-15-35(52)39(56)51-33(21-22-36(48)53)38(55)49-26-31-13-10-9-11-14-31)50-37(54)23-18-30-16-19-32(20-17-30)45(46,47)65(60,63-27-61-41(58)43(3,4)5)64-28-62-42(59)44(6,7)8/h9-11,13-14,16-20,23,29,33-35H,12,15,21-22,24-28H2,1-8H3,(H2,48,53)(H,49,55)(H,50,54)(H,51,56)/b23-18+/t33-,34-,35-/m0/s1. The molecule has 2 aromatic carbocycles. The number of hydrogen-bond donors (Lipinski definition) is 4. The van der Waals surface area contributed by atoms with Crippen LogP contribution < -0.4 is 21.7 Å². The van der Waals surface area contributed by atoms with Crippen LogP contribution in [0.25, 0.3) is 6.08 Å². The lowest BCUT2D eigenvalue weighted by atomic mass is 9.98. The van der Waals surface area contributed by atoms with Gasteiger partial charge in [-0.25, -0.2) is 0 Å². The summed E-state index contributed by atoms with van der Waals surface area (Å²) in [6, 6.07) is 10.1. The van der Waals surface area contributed by atoms with E-state index in [1.807, 2.05) is 44.2 Å². The van der Waals surface area contributed by atoms with Crippen molar-refractivity contribution < 1.29 is 65.4 Å². The number of nitrogens with two attached hydrogens (primary N) is 1. The van der Waals surface area contributed by atoms with Crippen LogP contribution in [-0.2, 0) is 68.9 Å². The van der Waals surface area contributed by atoms with E-state index in [1.54, 1.807) is 0 Å². The van der Waals surface area contributed by atoms with Crippen LogP contribution in [0.4, 0.5) is 8.78 Å². The number of carbonyl (C=O) groups is 7. The number of primary amides is 1. The van der Waals surface area contributed by atoms with Crippen LogP contribution in [0, 0.1) is 16.7 Å². The molecule has 1 saturated heterocycles. The van der Waals surface area contributed by atoms with Gasteiger partial charge in [0.1, 0.15) is 18.1 Å². The molecule has 1 aliphatic heterocycles. The van der Waals surface area contributed by atoms with Gasteiger partial charge in [0.05, 0.1) is 10.8 Å². The smallest absolute Gasteiger partial charge is 0.410 e. The Morgan fingerprint density at radius 3 is 1.94 bits per heavy atom. The third-order valence-corrected chi connectivity index (χ3v) is 11.7. The van der Waals surface area contributed by atoms with Crippen molar-refractivity contribution in [2.24, 2.45) is 22.5 Å². The fourth-order valence-electron chi connectivity index (χ4n) is 6.20. The minimum atomic E-state index is -5.56. The van der Waals surface area contributed by atoms with Crippen molar-refractivity contribution in [1.82, 2.24) is 20.9 Å². The maximum Gasteiger partial charge on any atom is 0.410 e. The zero-order chi connectivity index (χ0) is 48.8. The normalized spacial score (nSPS) is 15.6. The molecule has 0 spiro atoms. The van der Waals surface area contributed by atoms with Gasteiger partial charge in [0.25, 0.3) is 0 Å². The largest absolute Gasteiger partial charge is 0.438 e. The molecule has 1 aliphatic rings. The molecule has 3 rings (SSSR count). The van der Waals surface area contributed by atoms with Gasteiger partial charge in [-0.2, -0.15) is 8.78 Å².